The van der Waals surface area contributed by atoms with Crippen LogP contribution in [-0.2, 0) is 6.54 Å². The summed E-state index contributed by atoms with van der Waals surface area (Å²) in [5, 5.41) is 3.13. The van der Waals surface area contributed by atoms with Crippen LogP contribution in [0.5, 0.6) is 11.5 Å². The van der Waals surface area contributed by atoms with Crippen LogP contribution in [-0.4, -0.2) is 12.0 Å². The lowest BCUT2D eigenvalue weighted by atomic mass is 10.1. The molecule has 0 amide bonds. The lowest BCUT2D eigenvalue weighted by Gasteiger charge is -2.10. The first kappa shape index (κ1) is 11.6. The van der Waals surface area contributed by atoms with Gasteiger partial charge in [0.1, 0.15) is 11.5 Å². The molecule has 88 valence electrons. The van der Waals surface area contributed by atoms with E-state index in [1.54, 1.807) is 12.4 Å². The van der Waals surface area contributed by atoms with Gasteiger partial charge in [0, 0.05) is 12.7 Å². The van der Waals surface area contributed by atoms with E-state index in [0.29, 0.717) is 0 Å². The second kappa shape index (κ2) is 5.46. The van der Waals surface area contributed by atoms with Gasteiger partial charge in [0.2, 0.25) is 0 Å². The maximum atomic E-state index is 5.81. The van der Waals surface area contributed by atoms with Crippen molar-refractivity contribution in [3.8, 4) is 11.5 Å². The quantitative estimate of drug-likeness (QED) is 0.873. The second-order valence-corrected chi connectivity index (χ2v) is 3.92. The fourth-order valence-electron chi connectivity index (χ4n) is 1.60. The molecule has 3 nitrogen and oxygen atoms in total. The summed E-state index contributed by atoms with van der Waals surface area (Å²) in [5.41, 5.74) is 2.32. The van der Waals surface area contributed by atoms with E-state index in [-0.39, 0.29) is 0 Å². The Hall–Kier alpha value is -1.87. The molecule has 0 spiro atoms. The van der Waals surface area contributed by atoms with Crippen molar-refractivity contribution >= 4 is 0 Å². The Balaban J connectivity index is 2.22. The molecule has 0 bridgehead atoms. The van der Waals surface area contributed by atoms with Gasteiger partial charge in [-0.25, -0.2) is 0 Å². The van der Waals surface area contributed by atoms with Gasteiger partial charge in [-0.15, -0.1) is 0 Å². The van der Waals surface area contributed by atoms with E-state index < -0.39 is 0 Å². The van der Waals surface area contributed by atoms with Gasteiger partial charge in [-0.05, 0) is 43.3 Å². The smallest absolute Gasteiger partial charge is 0.145 e. The van der Waals surface area contributed by atoms with Gasteiger partial charge in [-0.2, -0.15) is 0 Å². The van der Waals surface area contributed by atoms with Crippen LogP contribution >= 0.6 is 0 Å². The summed E-state index contributed by atoms with van der Waals surface area (Å²) in [6, 6.07) is 9.98. The van der Waals surface area contributed by atoms with E-state index >= 15 is 0 Å². The van der Waals surface area contributed by atoms with Crippen LogP contribution in [0.1, 0.15) is 11.1 Å². The summed E-state index contributed by atoms with van der Waals surface area (Å²) in [5.74, 6) is 1.64. The lowest BCUT2D eigenvalue weighted by Crippen LogP contribution is -2.05. The van der Waals surface area contributed by atoms with Gasteiger partial charge >= 0.3 is 0 Å². The fraction of sp³-hybridized carbons (Fsp3) is 0.214. The van der Waals surface area contributed by atoms with Crippen LogP contribution in [0.15, 0.2) is 42.7 Å². The molecule has 0 aliphatic carbocycles. The number of ether oxygens (including phenoxy) is 1. The molecule has 0 aliphatic rings. The predicted molar refractivity (Wildman–Crippen MR) is 68.3 cm³/mol. The summed E-state index contributed by atoms with van der Waals surface area (Å²) < 4.78 is 5.81. The zero-order chi connectivity index (χ0) is 12.1. The highest BCUT2D eigenvalue weighted by molar-refractivity contribution is 5.39. The first-order valence-corrected chi connectivity index (χ1v) is 5.61. The van der Waals surface area contributed by atoms with E-state index in [4.69, 9.17) is 4.74 Å². The monoisotopic (exact) mass is 228 g/mol. The molecule has 3 heteroatoms. The van der Waals surface area contributed by atoms with Crippen molar-refractivity contribution in [1.82, 2.24) is 10.3 Å². The Morgan fingerprint density at radius 3 is 2.88 bits per heavy atom. The zero-order valence-corrected chi connectivity index (χ0v) is 10.1. The molecule has 0 saturated heterocycles. The van der Waals surface area contributed by atoms with Gasteiger partial charge < -0.3 is 10.1 Å². The van der Waals surface area contributed by atoms with Crippen molar-refractivity contribution < 1.29 is 4.74 Å². The molecule has 1 heterocycles. The fourth-order valence-corrected chi connectivity index (χ4v) is 1.60. The highest BCUT2D eigenvalue weighted by Gasteiger charge is 2.03. The van der Waals surface area contributed by atoms with Crippen molar-refractivity contribution in [2.45, 2.75) is 13.5 Å². The van der Waals surface area contributed by atoms with E-state index in [9.17, 15) is 0 Å². The van der Waals surface area contributed by atoms with E-state index in [1.807, 2.05) is 26.1 Å². The minimum absolute atomic E-state index is 0.761. The molecule has 0 unspecified atom stereocenters. The van der Waals surface area contributed by atoms with Gasteiger partial charge in [0.25, 0.3) is 0 Å². The van der Waals surface area contributed by atoms with Crippen molar-refractivity contribution in [3.05, 3.63) is 53.9 Å². The molecule has 0 saturated carbocycles. The molecule has 2 rings (SSSR count). The normalized spacial score (nSPS) is 10.2. The van der Waals surface area contributed by atoms with E-state index in [0.717, 1.165) is 23.6 Å². The second-order valence-electron chi connectivity index (χ2n) is 3.92. The summed E-state index contributed by atoms with van der Waals surface area (Å²) in [4.78, 5) is 4.03. The van der Waals surface area contributed by atoms with Crippen molar-refractivity contribution in [3.63, 3.8) is 0 Å². The number of pyridine rings is 1. The summed E-state index contributed by atoms with van der Waals surface area (Å²) in [6.45, 7) is 2.87. The van der Waals surface area contributed by atoms with E-state index in [2.05, 4.69) is 28.5 Å². The number of nitrogens with one attached hydrogen (secondary N) is 1. The number of aryl methyl sites for hydroxylation is 1. The minimum atomic E-state index is 0.761. The Morgan fingerprint density at radius 2 is 2.18 bits per heavy atom. The molecule has 17 heavy (non-hydrogen) atoms. The Labute approximate surface area is 101 Å². The van der Waals surface area contributed by atoms with Crippen molar-refractivity contribution in [2.24, 2.45) is 0 Å². The third-order valence-electron chi connectivity index (χ3n) is 2.50. The van der Waals surface area contributed by atoms with Gasteiger partial charge in [0.05, 0.1) is 6.20 Å². The molecule has 0 aliphatic heterocycles. The molecule has 1 aromatic carbocycles. The highest BCUT2D eigenvalue weighted by Crippen LogP contribution is 2.25. The molecule has 1 aromatic heterocycles. The maximum Gasteiger partial charge on any atom is 0.145 e. The minimum Gasteiger partial charge on any atom is -0.455 e. The van der Waals surface area contributed by atoms with Crippen LogP contribution in [0.2, 0.25) is 0 Å². The largest absolute Gasteiger partial charge is 0.455 e. The Morgan fingerprint density at radius 1 is 1.29 bits per heavy atom. The molecule has 0 atom stereocenters. The van der Waals surface area contributed by atoms with Crippen LogP contribution < -0.4 is 10.1 Å². The molecule has 2 aromatic rings. The van der Waals surface area contributed by atoms with Crippen LogP contribution in [0.4, 0.5) is 0 Å². The SMILES string of the molecule is CNCc1ccc(C)c(Oc2cccnc2)c1. The Kier molecular flexibility index (Phi) is 3.73. The van der Waals surface area contributed by atoms with Crippen LogP contribution in [0, 0.1) is 6.92 Å². The average Bonchev–Trinajstić information content (AvgIpc) is 2.35. The van der Waals surface area contributed by atoms with Crippen LogP contribution in [0.25, 0.3) is 0 Å². The number of hydrogen-bond donors (Lipinski definition) is 1. The van der Waals surface area contributed by atoms with Gasteiger partial charge in [0.15, 0.2) is 0 Å². The first-order valence-electron chi connectivity index (χ1n) is 5.61. The number of rotatable bonds is 4. The molecule has 1 N–H and O–H groups in total. The molecular formula is C14H16N2O. The Bertz CT molecular complexity index is 483. The van der Waals surface area contributed by atoms with Gasteiger partial charge in [-0.3, -0.25) is 4.98 Å². The first-order chi connectivity index (χ1) is 8.29. The topological polar surface area (TPSA) is 34.1 Å². The van der Waals surface area contributed by atoms with Gasteiger partial charge in [-0.1, -0.05) is 12.1 Å². The highest BCUT2D eigenvalue weighted by atomic mass is 16.5. The average molecular weight is 228 g/mol. The molecule has 0 radical (unpaired) electrons. The summed E-state index contributed by atoms with van der Waals surface area (Å²) in [7, 11) is 1.93. The number of aromatic nitrogens is 1. The zero-order valence-electron chi connectivity index (χ0n) is 10.1. The summed E-state index contributed by atoms with van der Waals surface area (Å²) in [6.07, 6.45) is 3.45. The van der Waals surface area contributed by atoms with Crippen molar-refractivity contribution in [1.29, 1.82) is 0 Å². The predicted octanol–water partition coefficient (Wildman–Crippen LogP) is 2.90. The third-order valence-corrected chi connectivity index (χ3v) is 2.50. The summed E-state index contributed by atoms with van der Waals surface area (Å²) >= 11 is 0. The van der Waals surface area contributed by atoms with Crippen LogP contribution in [0.3, 0.4) is 0 Å². The lowest BCUT2D eigenvalue weighted by molar-refractivity contribution is 0.475. The number of hydrogen-bond acceptors (Lipinski definition) is 3. The van der Waals surface area contributed by atoms with Crippen molar-refractivity contribution in [2.75, 3.05) is 7.05 Å². The van der Waals surface area contributed by atoms with E-state index in [1.165, 1.54) is 5.56 Å². The number of benzene rings is 1. The number of nitrogens with zero attached hydrogens (tertiary/aromatic N) is 1. The third kappa shape index (κ3) is 3.04. The molecule has 0 fully saturated rings. The maximum absolute atomic E-state index is 5.81. The standard InChI is InChI=1S/C14H16N2O/c1-11-5-6-12(9-15-2)8-14(11)17-13-4-3-7-16-10-13/h3-8,10,15H,9H2,1-2H3. The molecular weight excluding hydrogens is 212 g/mol.